The van der Waals surface area contributed by atoms with Gasteiger partial charge in [0.25, 0.3) is 0 Å². The second-order valence-corrected chi connectivity index (χ2v) is 6.56. The zero-order valence-electron chi connectivity index (χ0n) is 10.4. The molecule has 17 heavy (non-hydrogen) atoms. The van der Waals surface area contributed by atoms with Crippen LogP contribution in [0.4, 0.5) is 0 Å². The number of rotatable bonds is 3. The van der Waals surface area contributed by atoms with Gasteiger partial charge in [-0.2, -0.15) is 0 Å². The molecular formula is C15H20BrN. The molecule has 3 atom stereocenters. The van der Waals surface area contributed by atoms with Crippen molar-refractivity contribution in [1.29, 1.82) is 0 Å². The van der Waals surface area contributed by atoms with Gasteiger partial charge in [-0.3, -0.25) is 0 Å². The summed E-state index contributed by atoms with van der Waals surface area (Å²) in [6.45, 7) is 5.02. The summed E-state index contributed by atoms with van der Waals surface area (Å²) in [4.78, 5) is 2.68. The highest BCUT2D eigenvalue weighted by molar-refractivity contribution is 9.10. The lowest BCUT2D eigenvalue weighted by atomic mass is 10.1. The van der Waals surface area contributed by atoms with Gasteiger partial charge in [0.05, 0.1) is 0 Å². The van der Waals surface area contributed by atoms with Gasteiger partial charge >= 0.3 is 0 Å². The second-order valence-electron chi connectivity index (χ2n) is 5.64. The summed E-state index contributed by atoms with van der Waals surface area (Å²) in [6, 6.07) is 9.72. The minimum Gasteiger partial charge on any atom is -0.300 e. The predicted molar refractivity (Wildman–Crippen MR) is 75.3 cm³/mol. The van der Waals surface area contributed by atoms with Crippen LogP contribution in [0.5, 0.6) is 0 Å². The van der Waals surface area contributed by atoms with E-state index in [0.29, 0.717) is 0 Å². The van der Waals surface area contributed by atoms with Crippen molar-refractivity contribution in [3.8, 4) is 0 Å². The summed E-state index contributed by atoms with van der Waals surface area (Å²) in [5.74, 6) is 1.74. The summed E-state index contributed by atoms with van der Waals surface area (Å²) >= 11 is 3.50. The molecule has 0 radical (unpaired) electrons. The SMILES string of the molecule is C[C@H]1CCCN1CC1C[C@H]1c1ccc(Br)cc1. The lowest BCUT2D eigenvalue weighted by Gasteiger charge is -2.20. The summed E-state index contributed by atoms with van der Waals surface area (Å²) in [6.07, 6.45) is 4.19. The van der Waals surface area contributed by atoms with E-state index in [4.69, 9.17) is 0 Å². The topological polar surface area (TPSA) is 3.24 Å². The van der Waals surface area contributed by atoms with Gasteiger partial charge < -0.3 is 4.90 Å². The quantitative estimate of drug-likeness (QED) is 0.813. The first-order valence-corrected chi connectivity index (χ1v) is 7.53. The van der Waals surface area contributed by atoms with E-state index in [-0.39, 0.29) is 0 Å². The number of hydrogen-bond acceptors (Lipinski definition) is 1. The van der Waals surface area contributed by atoms with Gasteiger partial charge in [0.15, 0.2) is 0 Å². The molecule has 92 valence electrons. The van der Waals surface area contributed by atoms with E-state index in [9.17, 15) is 0 Å². The molecule has 2 aliphatic rings. The Morgan fingerprint density at radius 3 is 2.71 bits per heavy atom. The molecule has 0 spiro atoms. The first-order chi connectivity index (χ1) is 8.24. The zero-order chi connectivity index (χ0) is 11.8. The maximum absolute atomic E-state index is 3.50. The molecule has 3 rings (SSSR count). The van der Waals surface area contributed by atoms with E-state index in [1.54, 1.807) is 0 Å². The van der Waals surface area contributed by atoms with E-state index in [1.807, 2.05) is 0 Å². The minimum absolute atomic E-state index is 0.821. The zero-order valence-corrected chi connectivity index (χ0v) is 12.0. The fourth-order valence-electron chi connectivity index (χ4n) is 3.13. The van der Waals surface area contributed by atoms with Gasteiger partial charge in [-0.15, -0.1) is 0 Å². The normalized spacial score (nSPS) is 32.9. The van der Waals surface area contributed by atoms with Gasteiger partial charge in [-0.25, -0.2) is 0 Å². The molecule has 1 saturated carbocycles. The molecule has 0 bridgehead atoms. The Kier molecular flexibility index (Phi) is 3.27. The van der Waals surface area contributed by atoms with Crippen molar-refractivity contribution >= 4 is 15.9 Å². The van der Waals surface area contributed by atoms with Crippen LogP contribution in [0.25, 0.3) is 0 Å². The third-order valence-corrected chi connectivity index (χ3v) is 4.91. The Labute approximate surface area is 112 Å². The lowest BCUT2D eigenvalue weighted by Crippen LogP contribution is -2.29. The number of halogens is 1. The summed E-state index contributed by atoms with van der Waals surface area (Å²) in [5.41, 5.74) is 1.53. The molecular weight excluding hydrogens is 274 g/mol. The third kappa shape index (κ3) is 2.58. The van der Waals surface area contributed by atoms with Gasteiger partial charge in [-0.1, -0.05) is 28.1 Å². The van der Waals surface area contributed by atoms with Crippen molar-refractivity contribution in [3.05, 3.63) is 34.3 Å². The Morgan fingerprint density at radius 1 is 1.29 bits per heavy atom. The van der Waals surface area contributed by atoms with E-state index < -0.39 is 0 Å². The molecule has 0 N–H and O–H groups in total. The minimum atomic E-state index is 0.821. The van der Waals surface area contributed by atoms with Crippen LogP contribution in [0.1, 0.15) is 37.7 Å². The van der Waals surface area contributed by atoms with Crippen LogP contribution in [-0.4, -0.2) is 24.0 Å². The van der Waals surface area contributed by atoms with E-state index in [1.165, 1.54) is 42.4 Å². The van der Waals surface area contributed by atoms with E-state index in [2.05, 4.69) is 52.0 Å². The van der Waals surface area contributed by atoms with E-state index >= 15 is 0 Å². The molecule has 1 unspecified atom stereocenters. The van der Waals surface area contributed by atoms with Gasteiger partial charge in [-0.05, 0) is 62.3 Å². The molecule has 0 amide bonds. The summed E-state index contributed by atoms with van der Waals surface area (Å²) in [5, 5.41) is 0. The van der Waals surface area contributed by atoms with Crippen LogP contribution < -0.4 is 0 Å². The van der Waals surface area contributed by atoms with E-state index in [0.717, 1.165) is 17.9 Å². The smallest absolute Gasteiger partial charge is 0.0175 e. The number of benzene rings is 1. The average Bonchev–Trinajstić information content (AvgIpc) is 2.97. The van der Waals surface area contributed by atoms with Crippen LogP contribution in [0, 0.1) is 5.92 Å². The molecule has 1 heterocycles. The molecule has 1 aliphatic heterocycles. The Bertz CT molecular complexity index is 386. The lowest BCUT2D eigenvalue weighted by molar-refractivity contribution is 0.256. The van der Waals surface area contributed by atoms with Crippen molar-refractivity contribution in [3.63, 3.8) is 0 Å². The highest BCUT2D eigenvalue weighted by Crippen LogP contribution is 2.48. The van der Waals surface area contributed by atoms with Crippen LogP contribution in [-0.2, 0) is 0 Å². The van der Waals surface area contributed by atoms with Crippen LogP contribution in [0.2, 0.25) is 0 Å². The van der Waals surface area contributed by atoms with Gasteiger partial charge in [0.2, 0.25) is 0 Å². The van der Waals surface area contributed by atoms with Crippen LogP contribution >= 0.6 is 15.9 Å². The molecule has 1 nitrogen and oxygen atoms in total. The Hall–Kier alpha value is -0.340. The summed E-state index contributed by atoms with van der Waals surface area (Å²) in [7, 11) is 0. The molecule has 0 aromatic heterocycles. The number of nitrogens with zero attached hydrogens (tertiary/aromatic N) is 1. The third-order valence-electron chi connectivity index (χ3n) is 4.38. The average molecular weight is 294 g/mol. The fourth-order valence-corrected chi connectivity index (χ4v) is 3.40. The maximum atomic E-state index is 3.50. The first kappa shape index (κ1) is 11.7. The van der Waals surface area contributed by atoms with Gasteiger partial charge in [0, 0.05) is 17.1 Å². The molecule has 2 fully saturated rings. The first-order valence-electron chi connectivity index (χ1n) is 6.73. The van der Waals surface area contributed by atoms with Crippen molar-refractivity contribution in [2.45, 2.75) is 38.1 Å². The van der Waals surface area contributed by atoms with Crippen molar-refractivity contribution in [1.82, 2.24) is 4.90 Å². The monoisotopic (exact) mass is 293 g/mol. The van der Waals surface area contributed by atoms with Crippen LogP contribution in [0.3, 0.4) is 0 Å². The van der Waals surface area contributed by atoms with Crippen molar-refractivity contribution in [2.75, 3.05) is 13.1 Å². The molecule has 1 aromatic carbocycles. The van der Waals surface area contributed by atoms with Crippen molar-refractivity contribution < 1.29 is 0 Å². The highest BCUT2D eigenvalue weighted by Gasteiger charge is 2.40. The molecule has 1 aromatic rings. The Morgan fingerprint density at radius 2 is 2.06 bits per heavy atom. The van der Waals surface area contributed by atoms with Crippen LogP contribution in [0.15, 0.2) is 28.7 Å². The Balaban J connectivity index is 1.57. The van der Waals surface area contributed by atoms with Gasteiger partial charge in [0.1, 0.15) is 0 Å². The molecule has 1 saturated heterocycles. The highest BCUT2D eigenvalue weighted by atomic mass is 79.9. The number of likely N-dealkylation sites (tertiary alicyclic amines) is 1. The fraction of sp³-hybridized carbons (Fsp3) is 0.600. The summed E-state index contributed by atoms with van der Waals surface area (Å²) < 4.78 is 1.19. The predicted octanol–water partition coefficient (Wildman–Crippen LogP) is 4.04. The molecule has 1 aliphatic carbocycles. The largest absolute Gasteiger partial charge is 0.300 e. The second kappa shape index (κ2) is 4.74. The maximum Gasteiger partial charge on any atom is 0.0175 e. The standard InChI is InChI=1S/C15H20BrN/c1-11-3-2-8-17(11)10-13-9-15(13)12-4-6-14(16)7-5-12/h4-7,11,13,15H,2-3,8-10H2,1H3/t11-,13?,15-/m0/s1. The number of hydrogen-bond donors (Lipinski definition) is 0. The molecule has 2 heteroatoms. The van der Waals surface area contributed by atoms with Crippen molar-refractivity contribution in [2.24, 2.45) is 5.92 Å².